The molecule has 2 aromatic rings. The summed E-state index contributed by atoms with van der Waals surface area (Å²) in [6.07, 6.45) is 0. The summed E-state index contributed by atoms with van der Waals surface area (Å²) in [5, 5.41) is 0. The number of halogens is 3. The molecule has 0 amide bonds. The van der Waals surface area contributed by atoms with Crippen molar-refractivity contribution in [2.45, 2.75) is 10.8 Å². The van der Waals surface area contributed by atoms with E-state index >= 15 is 0 Å². The van der Waals surface area contributed by atoms with Gasteiger partial charge < -0.3 is 5.73 Å². The molecule has 0 saturated heterocycles. The fourth-order valence-corrected chi connectivity index (χ4v) is 4.42. The summed E-state index contributed by atoms with van der Waals surface area (Å²) in [6, 6.07) is 10.8. The van der Waals surface area contributed by atoms with E-state index in [2.05, 4.69) is 15.9 Å². The molecular weight excluding hydrogens is 364 g/mol. The lowest BCUT2D eigenvalue weighted by Gasteiger charge is -2.17. The minimum Gasteiger partial charge on any atom is -0.399 e. The quantitative estimate of drug-likeness (QED) is 0.830. The summed E-state index contributed by atoms with van der Waals surface area (Å²) < 4.78 is 52.8. The maximum absolute atomic E-state index is 14.1. The van der Waals surface area contributed by atoms with Crippen LogP contribution in [0.25, 0.3) is 0 Å². The van der Waals surface area contributed by atoms with Gasteiger partial charge in [0.05, 0.1) is 4.90 Å². The summed E-state index contributed by atoms with van der Waals surface area (Å²) in [5.41, 5.74) is 5.53. The Hall–Kier alpha value is -1.47. The molecule has 2 N–H and O–H groups in total. The van der Waals surface area contributed by atoms with E-state index in [4.69, 9.17) is 5.73 Å². The van der Waals surface area contributed by atoms with Gasteiger partial charge in [-0.05, 0) is 34.1 Å². The van der Waals surface area contributed by atoms with Crippen molar-refractivity contribution in [2.75, 3.05) is 11.5 Å². The summed E-state index contributed by atoms with van der Waals surface area (Å²) in [4.78, 5) is -0.202. The number of rotatable bonds is 4. The van der Waals surface area contributed by atoms with Crippen molar-refractivity contribution in [2.24, 2.45) is 0 Å². The second-order valence-electron chi connectivity index (χ2n) is 4.52. The summed E-state index contributed by atoms with van der Waals surface area (Å²) in [6.45, 7) is 0. The summed E-state index contributed by atoms with van der Waals surface area (Å²) in [7, 11) is -4.17. The highest BCUT2D eigenvalue weighted by atomic mass is 79.9. The van der Waals surface area contributed by atoms with Crippen molar-refractivity contribution in [3.63, 3.8) is 0 Å². The molecule has 7 heteroatoms. The van der Waals surface area contributed by atoms with Gasteiger partial charge in [-0.2, -0.15) is 0 Å². The second kappa shape index (κ2) is 5.73. The second-order valence-corrected chi connectivity index (χ2v) is 7.33. The molecule has 0 fully saturated rings. The highest BCUT2D eigenvalue weighted by Gasteiger charge is 2.38. The van der Waals surface area contributed by atoms with Crippen molar-refractivity contribution in [1.82, 2.24) is 0 Å². The van der Waals surface area contributed by atoms with E-state index in [1.165, 1.54) is 42.5 Å². The van der Waals surface area contributed by atoms with Gasteiger partial charge in [0.2, 0.25) is 0 Å². The van der Waals surface area contributed by atoms with Crippen LogP contribution in [-0.2, 0) is 15.8 Å². The maximum Gasteiger partial charge on any atom is 0.287 e. The van der Waals surface area contributed by atoms with Crippen molar-refractivity contribution in [3.8, 4) is 0 Å². The SMILES string of the molecule is Nc1ccc(S(=O)(=O)CC(F)(F)c2ccccc2)c(Br)c1. The fourth-order valence-electron chi connectivity index (χ4n) is 1.85. The van der Waals surface area contributed by atoms with Crippen molar-refractivity contribution in [1.29, 1.82) is 0 Å². The molecule has 3 nitrogen and oxygen atoms in total. The highest BCUT2D eigenvalue weighted by molar-refractivity contribution is 9.10. The molecule has 0 aliphatic rings. The van der Waals surface area contributed by atoms with Gasteiger partial charge in [-0.1, -0.05) is 30.3 Å². The minimum atomic E-state index is -4.17. The Morgan fingerprint density at radius 2 is 1.71 bits per heavy atom. The molecule has 0 bridgehead atoms. The largest absolute Gasteiger partial charge is 0.399 e. The standard InChI is InChI=1S/C14H12BrF2NO2S/c15-12-8-11(18)6-7-13(12)21(19,20)9-14(16,17)10-4-2-1-3-5-10/h1-8H,9,18H2. The van der Waals surface area contributed by atoms with Crippen LogP contribution in [0.5, 0.6) is 0 Å². The lowest BCUT2D eigenvalue weighted by Crippen LogP contribution is -2.26. The van der Waals surface area contributed by atoms with Gasteiger partial charge in [-0.15, -0.1) is 0 Å². The first-order valence-electron chi connectivity index (χ1n) is 5.93. The Morgan fingerprint density at radius 1 is 1.10 bits per heavy atom. The van der Waals surface area contributed by atoms with Crippen LogP contribution in [0.3, 0.4) is 0 Å². The number of hydrogen-bond donors (Lipinski definition) is 1. The third-order valence-electron chi connectivity index (χ3n) is 2.86. The normalized spacial score (nSPS) is 12.3. The third-order valence-corrected chi connectivity index (χ3v) is 5.55. The predicted molar refractivity (Wildman–Crippen MR) is 80.9 cm³/mol. The van der Waals surface area contributed by atoms with Crippen LogP contribution < -0.4 is 5.73 Å². The third kappa shape index (κ3) is 3.59. The Morgan fingerprint density at radius 3 is 2.29 bits per heavy atom. The number of hydrogen-bond acceptors (Lipinski definition) is 3. The van der Waals surface area contributed by atoms with E-state index < -0.39 is 21.5 Å². The first-order valence-corrected chi connectivity index (χ1v) is 8.38. The highest BCUT2D eigenvalue weighted by Crippen LogP contribution is 2.34. The molecule has 0 spiro atoms. The van der Waals surface area contributed by atoms with Gasteiger partial charge in [-0.25, -0.2) is 17.2 Å². The van der Waals surface area contributed by atoms with Gasteiger partial charge in [-0.3, -0.25) is 0 Å². The first kappa shape index (κ1) is 15.9. The van der Waals surface area contributed by atoms with E-state index in [0.717, 1.165) is 0 Å². The zero-order valence-corrected chi connectivity index (χ0v) is 13.2. The average Bonchev–Trinajstić information content (AvgIpc) is 2.38. The summed E-state index contributed by atoms with van der Waals surface area (Å²) >= 11 is 3.04. The molecule has 0 atom stereocenters. The zero-order valence-electron chi connectivity index (χ0n) is 10.8. The van der Waals surface area contributed by atoms with E-state index in [9.17, 15) is 17.2 Å². The van der Waals surface area contributed by atoms with Crippen LogP contribution in [-0.4, -0.2) is 14.2 Å². The number of nitrogens with two attached hydrogens (primary N) is 1. The van der Waals surface area contributed by atoms with Crippen molar-refractivity contribution >= 4 is 31.5 Å². The van der Waals surface area contributed by atoms with Crippen LogP contribution >= 0.6 is 15.9 Å². The zero-order chi connectivity index (χ0) is 15.7. The van der Waals surface area contributed by atoms with Crippen LogP contribution in [0, 0.1) is 0 Å². The molecule has 0 unspecified atom stereocenters. The Labute approximate surface area is 129 Å². The molecule has 2 aromatic carbocycles. The molecule has 0 radical (unpaired) electrons. The molecule has 0 heterocycles. The van der Waals surface area contributed by atoms with Crippen LogP contribution in [0.15, 0.2) is 57.9 Å². The van der Waals surface area contributed by atoms with E-state index in [0.29, 0.717) is 5.69 Å². The number of alkyl halides is 2. The van der Waals surface area contributed by atoms with Crippen LogP contribution in [0.4, 0.5) is 14.5 Å². The average molecular weight is 376 g/mol. The van der Waals surface area contributed by atoms with Crippen molar-refractivity contribution in [3.05, 3.63) is 58.6 Å². The van der Waals surface area contributed by atoms with Crippen molar-refractivity contribution < 1.29 is 17.2 Å². The molecule has 0 aliphatic carbocycles. The molecule has 0 aliphatic heterocycles. The molecule has 112 valence electrons. The van der Waals surface area contributed by atoms with E-state index in [-0.39, 0.29) is 14.9 Å². The molecular formula is C14H12BrF2NO2S. The lowest BCUT2D eigenvalue weighted by molar-refractivity contribution is 0.0213. The van der Waals surface area contributed by atoms with Gasteiger partial charge in [0.25, 0.3) is 5.92 Å². The van der Waals surface area contributed by atoms with Gasteiger partial charge in [0, 0.05) is 15.7 Å². The number of sulfone groups is 1. The van der Waals surface area contributed by atoms with Gasteiger partial charge >= 0.3 is 0 Å². The Balaban J connectivity index is 2.37. The van der Waals surface area contributed by atoms with Crippen LogP contribution in [0.2, 0.25) is 0 Å². The maximum atomic E-state index is 14.1. The molecule has 0 saturated carbocycles. The Bertz CT molecular complexity index is 749. The summed E-state index contributed by atoms with van der Waals surface area (Å²) in [5.74, 6) is -4.77. The monoisotopic (exact) mass is 375 g/mol. The van der Waals surface area contributed by atoms with Gasteiger partial charge in [0.1, 0.15) is 5.75 Å². The molecule has 2 rings (SSSR count). The Kier molecular flexibility index (Phi) is 4.34. The molecule has 21 heavy (non-hydrogen) atoms. The minimum absolute atomic E-state index is 0.173. The molecule has 0 aromatic heterocycles. The number of anilines is 1. The van der Waals surface area contributed by atoms with Gasteiger partial charge in [0.15, 0.2) is 9.84 Å². The number of nitrogen functional groups attached to an aromatic ring is 1. The smallest absolute Gasteiger partial charge is 0.287 e. The van der Waals surface area contributed by atoms with E-state index in [1.54, 1.807) is 6.07 Å². The van der Waals surface area contributed by atoms with Crippen LogP contribution in [0.1, 0.15) is 5.56 Å². The fraction of sp³-hybridized carbons (Fsp3) is 0.143. The number of benzene rings is 2. The lowest BCUT2D eigenvalue weighted by atomic mass is 10.1. The predicted octanol–water partition coefficient (Wildman–Crippen LogP) is 3.60. The van der Waals surface area contributed by atoms with E-state index in [1.807, 2.05) is 0 Å². The first-order chi connectivity index (χ1) is 9.72. The topological polar surface area (TPSA) is 60.2 Å².